The fourth-order valence-electron chi connectivity index (χ4n) is 3.22. The van der Waals surface area contributed by atoms with Crippen molar-refractivity contribution in [3.8, 4) is 11.5 Å². The van der Waals surface area contributed by atoms with Crippen molar-refractivity contribution in [2.45, 2.75) is 30.1 Å². The summed E-state index contributed by atoms with van der Waals surface area (Å²) in [6.45, 7) is 3.87. The van der Waals surface area contributed by atoms with Crippen LogP contribution < -0.4 is 9.47 Å². The minimum absolute atomic E-state index is 0.111. The highest BCUT2D eigenvalue weighted by Gasteiger charge is 2.30. The quantitative estimate of drug-likeness (QED) is 0.763. The third-order valence-electron chi connectivity index (χ3n) is 4.35. The smallest absolute Gasteiger partial charge is 0.233 e. The Bertz CT molecular complexity index is 780. The van der Waals surface area contributed by atoms with E-state index in [0.29, 0.717) is 19.0 Å². The maximum atomic E-state index is 12.7. The summed E-state index contributed by atoms with van der Waals surface area (Å²) >= 11 is 2.99. The molecule has 0 spiro atoms. The molecule has 0 bridgehead atoms. The first kappa shape index (κ1) is 16.7. The number of amides is 1. The van der Waals surface area contributed by atoms with E-state index in [1.165, 1.54) is 23.1 Å². The van der Waals surface area contributed by atoms with Crippen LogP contribution in [-0.2, 0) is 4.79 Å². The van der Waals surface area contributed by atoms with E-state index in [2.05, 4.69) is 10.2 Å². The van der Waals surface area contributed by atoms with Crippen LogP contribution in [0, 0.1) is 6.92 Å². The van der Waals surface area contributed by atoms with Crippen LogP contribution in [0.5, 0.6) is 11.5 Å². The van der Waals surface area contributed by atoms with E-state index < -0.39 is 0 Å². The van der Waals surface area contributed by atoms with Crippen molar-refractivity contribution < 1.29 is 14.3 Å². The van der Waals surface area contributed by atoms with Gasteiger partial charge in [0.1, 0.15) is 18.2 Å². The zero-order valence-corrected chi connectivity index (χ0v) is 15.6. The molecule has 6 nitrogen and oxygen atoms in total. The fourth-order valence-corrected chi connectivity index (χ4v) is 4.92. The summed E-state index contributed by atoms with van der Waals surface area (Å²) in [6.07, 6.45) is 2.00. The van der Waals surface area contributed by atoms with Gasteiger partial charge in [0.25, 0.3) is 0 Å². The number of fused-ring (bicyclic) bond motifs is 1. The summed E-state index contributed by atoms with van der Waals surface area (Å²) in [6, 6.07) is 6.13. The maximum absolute atomic E-state index is 12.7. The van der Waals surface area contributed by atoms with Gasteiger partial charge < -0.3 is 14.4 Å². The van der Waals surface area contributed by atoms with E-state index in [9.17, 15) is 4.79 Å². The monoisotopic (exact) mass is 377 g/mol. The third-order valence-corrected chi connectivity index (χ3v) is 6.31. The van der Waals surface area contributed by atoms with E-state index in [1.54, 1.807) is 0 Å². The van der Waals surface area contributed by atoms with Crippen molar-refractivity contribution in [1.29, 1.82) is 0 Å². The predicted octanol–water partition coefficient (Wildman–Crippen LogP) is 3.07. The highest BCUT2D eigenvalue weighted by molar-refractivity contribution is 8.01. The van der Waals surface area contributed by atoms with Gasteiger partial charge in [-0.15, -0.1) is 10.2 Å². The summed E-state index contributed by atoms with van der Waals surface area (Å²) in [5, 5.41) is 8.98. The molecule has 0 saturated carbocycles. The molecule has 0 radical (unpaired) electrons. The Hall–Kier alpha value is -1.80. The number of rotatable bonds is 4. The summed E-state index contributed by atoms with van der Waals surface area (Å²) in [5.41, 5.74) is 1.12. The van der Waals surface area contributed by atoms with E-state index in [1.807, 2.05) is 30.0 Å². The molecule has 1 saturated heterocycles. The number of thioether (sulfide) groups is 1. The molecule has 2 aliphatic heterocycles. The number of hydrogen-bond donors (Lipinski definition) is 0. The Labute approximate surface area is 154 Å². The van der Waals surface area contributed by atoms with Crippen LogP contribution in [0.2, 0.25) is 0 Å². The van der Waals surface area contributed by atoms with Gasteiger partial charge in [-0.3, -0.25) is 4.79 Å². The summed E-state index contributed by atoms with van der Waals surface area (Å²) < 4.78 is 12.1. The van der Waals surface area contributed by atoms with Gasteiger partial charge in [-0.2, -0.15) is 0 Å². The molecule has 1 aromatic carbocycles. The van der Waals surface area contributed by atoms with Crippen molar-refractivity contribution in [1.82, 2.24) is 15.1 Å². The molecule has 0 N–H and O–H groups in total. The molecule has 3 heterocycles. The van der Waals surface area contributed by atoms with Gasteiger partial charge in [0, 0.05) is 6.54 Å². The molecule has 132 valence electrons. The van der Waals surface area contributed by atoms with Crippen molar-refractivity contribution in [3.63, 3.8) is 0 Å². The average Bonchev–Trinajstić information content (AvgIpc) is 3.28. The largest absolute Gasteiger partial charge is 0.486 e. The number of ether oxygens (including phenoxy) is 2. The van der Waals surface area contributed by atoms with Gasteiger partial charge >= 0.3 is 0 Å². The molecule has 1 atom stereocenters. The van der Waals surface area contributed by atoms with E-state index in [-0.39, 0.29) is 11.9 Å². The summed E-state index contributed by atoms with van der Waals surface area (Å²) in [5.74, 6) is 2.11. The summed E-state index contributed by atoms with van der Waals surface area (Å²) in [4.78, 5) is 14.7. The zero-order chi connectivity index (χ0) is 17.2. The molecule has 2 aliphatic rings. The van der Waals surface area contributed by atoms with Crippen LogP contribution >= 0.6 is 23.1 Å². The van der Waals surface area contributed by atoms with Gasteiger partial charge in [-0.25, -0.2) is 0 Å². The Kier molecular flexibility index (Phi) is 4.80. The number of carbonyl (C=O) groups excluding carboxylic acids is 1. The number of hydrogen-bond acceptors (Lipinski definition) is 7. The zero-order valence-electron chi connectivity index (χ0n) is 13.9. The van der Waals surface area contributed by atoms with Gasteiger partial charge in [-0.05, 0) is 37.5 Å². The van der Waals surface area contributed by atoms with Gasteiger partial charge in [-0.1, -0.05) is 29.2 Å². The third kappa shape index (κ3) is 3.59. The molecular weight excluding hydrogens is 358 g/mol. The van der Waals surface area contributed by atoms with E-state index >= 15 is 0 Å². The molecule has 8 heteroatoms. The molecule has 0 aliphatic carbocycles. The molecule has 4 rings (SSSR count). The molecule has 1 amide bonds. The molecule has 1 aromatic heterocycles. The van der Waals surface area contributed by atoms with Crippen LogP contribution in [0.25, 0.3) is 0 Å². The Morgan fingerprint density at radius 1 is 1.32 bits per heavy atom. The lowest BCUT2D eigenvalue weighted by molar-refractivity contribution is -0.129. The second kappa shape index (κ2) is 7.21. The minimum Gasteiger partial charge on any atom is -0.486 e. The number of likely N-dealkylation sites (tertiary alicyclic amines) is 1. The standard InChI is InChI=1S/C17H19N3O3S2/c1-11-18-19-17(25-11)24-10-16(21)20-6-2-3-13(20)12-4-5-14-15(9-12)23-8-7-22-14/h4-5,9,13H,2-3,6-8,10H2,1H3/t13-/m1/s1. The Morgan fingerprint density at radius 3 is 2.96 bits per heavy atom. The van der Waals surface area contributed by atoms with Crippen molar-refractivity contribution in [3.05, 3.63) is 28.8 Å². The van der Waals surface area contributed by atoms with Crippen LogP contribution in [0.4, 0.5) is 0 Å². The van der Waals surface area contributed by atoms with Crippen molar-refractivity contribution >= 4 is 29.0 Å². The maximum Gasteiger partial charge on any atom is 0.233 e. The first-order chi connectivity index (χ1) is 12.2. The molecule has 2 aromatic rings. The number of aryl methyl sites for hydroxylation is 1. The minimum atomic E-state index is 0.111. The molecular formula is C17H19N3O3S2. The van der Waals surface area contributed by atoms with E-state index in [4.69, 9.17) is 9.47 Å². The lowest BCUT2D eigenvalue weighted by atomic mass is 10.0. The number of carbonyl (C=O) groups is 1. The first-order valence-electron chi connectivity index (χ1n) is 8.32. The van der Waals surface area contributed by atoms with Crippen LogP contribution in [0.1, 0.15) is 29.5 Å². The van der Waals surface area contributed by atoms with Gasteiger partial charge in [0.05, 0.1) is 11.8 Å². The van der Waals surface area contributed by atoms with Gasteiger partial charge in [0.2, 0.25) is 5.91 Å². The fraction of sp³-hybridized carbons (Fsp3) is 0.471. The second-order valence-corrected chi connectivity index (χ2v) is 8.43. The molecule has 1 fully saturated rings. The van der Waals surface area contributed by atoms with Crippen LogP contribution in [0.15, 0.2) is 22.5 Å². The Morgan fingerprint density at radius 2 is 2.16 bits per heavy atom. The van der Waals surface area contributed by atoms with Crippen LogP contribution in [-0.4, -0.2) is 46.5 Å². The topological polar surface area (TPSA) is 64.6 Å². The van der Waals surface area contributed by atoms with Crippen molar-refractivity contribution in [2.75, 3.05) is 25.5 Å². The lowest BCUT2D eigenvalue weighted by Gasteiger charge is -2.26. The lowest BCUT2D eigenvalue weighted by Crippen LogP contribution is -2.32. The number of benzene rings is 1. The highest BCUT2D eigenvalue weighted by atomic mass is 32.2. The normalized spacial score (nSPS) is 19.2. The van der Waals surface area contributed by atoms with Crippen molar-refractivity contribution in [2.24, 2.45) is 0 Å². The second-order valence-electron chi connectivity index (χ2n) is 6.02. The van der Waals surface area contributed by atoms with Gasteiger partial charge in [0.15, 0.2) is 15.8 Å². The predicted molar refractivity (Wildman–Crippen MR) is 96.5 cm³/mol. The number of nitrogens with zero attached hydrogens (tertiary/aromatic N) is 3. The van der Waals surface area contributed by atoms with Crippen LogP contribution in [0.3, 0.4) is 0 Å². The molecule has 25 heavy (non-hydrogen) atoms. The number of aromatic nitrogens is 2. The first-order valence-corrected chi connectivity index (χ1v) is 10.1. The highest BCUT2D eigenvalue weighted by Crippen LogP contribution is 2.38. The summed E-state index contributed by atoms with van der Waals surface area (Å²) in [7, 11) is 0. The average molecular weight is 377 g/mol. The molecule has 0 unspecified atom stereocenters. The Balaban J connectivity index is 1.45. The van der Waals surface area contributed by atoms with E-state index in [0.717, 1.165) is 45.8 Å². The SMILES string of the molecule is Cc1nnc(SCC(=O)N2CCC[C@@H]2c2ccc3c(c2)OCCO3)s1.